The van der Waals surface area contributed by atoms with Crippen LogP contribution in [0.5, 0.6) is 5.75 Å². The number of benzene rings is 2. The van der Waals surface area contributed by atoms with Gasteiger partial charge in [-0.15, -0.1) is 0 Å². The van der Waals surface area contributed by atoms with Crippen molar-refractivity contribution in [2.75, 3.05) is 12.0 Å². The molecule has 1 aliphatic rings. The van der Waals surface area contributed by atoms with Crippen LogP contribution in [0.3, 0.4) is 0 Å². The van der Waals surface area contributed by atoms with Crippen LogP contribution in [0.4, 0.5) is 5.69 Å². The second-order valence-electron chi connectivity index (χ2n) is 6.15. The van der Waals surface area contributed by atoms with Crippen molar-refractivity contribution in [2.45, 2.75) is 25.3 Å². The number of hydrogen-bond donors (Lipinski definition) is 1. The number of carboxylic acid groups (broad SMARTS) is 1. The Balaban J connectivity index is 2.15. The van der Waals surface area contributed by atoms with Crippen LogP contribution >= 0.6 is 23.2 Å². The summed E-state index contributed by atoms with van der Waals surface area (Å²) in [6.45, 7) is 1.81. The summed E-state index contributed by atoms with van der Waals surface area (Å²) >= 11 is 12.4. The van der Waals surface area contributed by atoms with Crippen LogP contribution in [0.25, 0.3) is 0 Å². The fraction of sp³-hybridized carbons (Fsp3) is 0.263. The van der Waals surface area contributed by atoms with Gasteiger partial charge in [-0.1, -0.05) is 41.4 Å². The van der Waals surface area contributed by atoms with E-state index in [0.717, 1.165) is 0 Å². The van der Waals surface area contributed by atoms with E-state index >= 15 is 0 Å². The Morgan fingerprint density at radius 1 is 1.15 bits per heavy atom. The number of aliphatic carboxylic acids is 1. The van der Waals surface area contributed by atoms with Gasteiger partial charge in [-0.3, -0.25) is 9.59 Å². The van der Waals surface area contributed by atoms with Crippen molar-refractivity contribution < 1.29 is 19.4 Å². The quantitative estimate of drug-likeness (QED) is 0.826. The highest BCUT2D eigenvalue weighted by Gasteiger charge is 2.38. The maximum Gasteiger partial charge on any atom is 0.311 e. The molecule has 1 N–H and O–H groups in total. The van der Waals surface area contributed by atoms with E-state index in [2.05, 4.69) is 0 Å². The lowest BCUT2D eigenvalue weighted by molar-refractivity contribution is -0.139. The van der Waals surface area contributed by atoms with Gasteiger partial charge in [-0.05, 0) is 37.1 Å². The number of methoxy groups -OCH3 is 1. The van der Waals surface area contributed by atoms with Gasteiger partial charge >= 0.3 is 5.97 Å². The minimum absolute atomic E-state index is 0.164. The van der Waals surface area contributed by atoms with Gasteiger partial charge in [0.1, 0.15) is 5.56 Å². The van der Waals surface area contributed by atoms with Crippen molar-refractivity contribution in [1.82, 2.24) is 0 Å². The topological polar surface area (TPSA) is 66.8 Å². The number of hydrogen-bond acceptors (Lipinski definition) is 3. The highest BCUT2D eigenvalue weighted by atomic mass is 35.5. The average Bonchev–Trinajstić information content (AvgIpc) is 2.62. The van der Waals surface area contributed by atoms with Crippen LogP contribution in [0.1, 0.15) is 35.2 Å². The molecule has 1 aliphatic heterocycles. The van der Waals surface area contributed by atoms with E-state index in [1.807, 2.05) is 6.92 Å². The first-order valence-electron chi connectivity index (χ1n) is 8.04. The lowest BCUT2D eigenvalue weighted by atomic mass is 9.85. The zero-order valence-electron chi connectivity index (χ0n) is 14.2. The number of rotatable bonds is 3. The number of halogens is 2. The number of carbonyl (C=O) groups is 2. The number of amides is 1. The average molecular weight is 394 g/mol. The summed E-state index contributed by atoms with van der Waals surface area (Å²) < 4.78 is 5.29. The van der Waals surface area contributed by atoms with Gasteiger partial charge in [-0.25, -0.2) is 0 Å². The molecule has 0 aliphatic carbocycles. The SMILES string of the molecule is COc1c(Cl)ccc(Cl)c1C(=O)N1c2ccccc2C(C(=O)O)CC1C. The summed E-state index contributed by atoms with van der Waals surface area (Å²) in [5.41, 5.74) is 1.32. The van der Waals surface area contributed by atoms with E-state index in [1.54, 1.807) is 41.3 Å². The number of fused-ring (bicyclic) bond motifs is 1. The van der Waals surface area contributed by atoms with Gasteiger partial charge in [0.25, 0.3) is 5.91 Å². The molecule has 2 unspecified atom stereocenters. The predicted octanol–water partition coefficient (Wildman–Crippen LogP) is 4.61. The molecule has 0 spiro atoms. The maximum absolute atomic E-state index is 13.4. The van der Waals surface area contributed by atoms with Crippen molar-refractivity contribution in [2.24, 2.45) is 0 Å². The first-order valence-corrected chi connectivity index (χ1v) is 8.79. The molecule has 2 aromatic rings. The predicted molar refractivity (Wildman–Crippen MR) is 101 cm³/mol. The Morgan fingerprint density at radius 2 is 1.81 bits per heavy atom. The van der Waals surface area contributed by atoms with Crippen molar-refractivity contribution >= 4 is 40.8 Å². The Morgan fingerprint density at radius 3 is 2.46 bits per heavy atom. The molecule has 1 heterocycles. The largest absolute Gasteiger partial charge is 0.494 e. The van der Waals surface area contributed by atoms with Crippen molar-refractivity contribution in [1.29, 1.82) is 0 Å². The zero-order chi connectivity index (χ0) is 19.0. The van der Waals surface area contributed by atoms with Crippen molar-refractivity contribution in [3.8, 4) is 5.75 Å². The van der Waals surface area contributed by atoms with E-state index < -0.39 is 11.9 Å². The number of nitrogens with zero attached hydrogens (tertiary/aromatic N) is 1. The standard InChI is InChI=1S/C19H17Cl2NO4/c1-10-9-12(19(24)25)11-5-3-4-6-15(11)22(10)18(23)16-13(20)7-8-14(21)17(16)26-2/h3-8,10,12H,9H2,1-2H3,(H,24,25). The Hall–Kier alpha value is -2.24. The summed E-state index contributed by atoms with van der Waals surface area (Å²) in [5.74, 6) is -1.75. The summed E-state index contributed by atoms with van der Waals surface area (Å²) in [4.78, 5) is 26.6. The first kappa shape index (κ1) is 18.5. The molecule has 0 fully saturated rings. The van der Waals surface area contributed by atoms with Gasteiger partial charge in [0.2, 0.25) is 0 Å². The molecule has 0 saturated heterocycles. The van der Waals surface area contributed by atoms with Crippen LogP contribution in [0.15, 0.2) is 36.4 Å². The molecule has 3 rings (SSSR count). The molecule has 2 atom stereocenters. The van der Waals surface area contributed by atoms with E-state index in [0.29, 0.717) is 17.7 Å². The molecule has 0 radical (unpaired) electrons. The fourth-order valence-corrected chi connectivity index (χ4v) is 3.87. The summed E-state index contributed by atoms with van der Waals surface area (Å²) in [6.07, 6.45) is 0.304. The summed E-state index contributed by atoms with van der Waals surface area (Å²) in [7, 11) is 1.42. The van der Waals surface area contributed by atoms with Crippen LogP contribution < -0.4 is 9.64 Å². The number of carboxylic acids is 1. The molecular weight excluding hydrogens is 377 g/mol. The van der Waals surface area contributed by atoms with Crippen LogP contribution in [-0.2, 0) is 4.79 Å². The van der Waals surface area contributed by atoms with Crippen molar-refractivity contribution in [3.05, 3.63) is 57.6 Å². The van der Waals surface area contributed by atoms with Gasteiger partial charge in [0.05, 0.1) is 23.1 Å². The molecule has 7 heteroatoms. The molecule has 0 bridgehead atoms. The lowest BCUT2D eigenvalue weighted by Crippen LogP contribution is -2.44. The third kappa shape index (κ3) is 3.02. The van der Waals surface area contributed by atoms with E-state index in [9.17, 15) is 14.7 Å². The molecule has 0 saturated carbocycles. The zero-order valence-corrected chi connectivity index (χ0v) is 15.7. The van der Waals surface area contributed by atoms with Crippen molar-refractivity contribution in [3.63, 3.8) is 0 Å². The Bertz CT molecular complexity index is 884. The third-order valence-corrected chi connectivity index (χ3v) is 5.20. The summed E-state index contributed by atoms with van der Waals surface area (Å²) in [5, 5.41) is 10.0. The molecular formula is C19H17Cl2NO4. The Labute approximate surface area is 161 Å². The molecule has 0 aromatic heterocycles. The van der Waals surface area contributed by atoms with Gasteiger partial charge in [0, 0.05) is 11.7 Å². The monoisotopic (exact) mass is 393 g/mol. The molecule has 136 valence electrons. The maximum atomic E-state index is 13.4. The van der Waals surface area contributed by atoms with E-state index in [4.69, 9.17) is 27.9 Å². The number of anilines is 1. The molecule has 2 aromatic carbocycles. The van der Waals surface area contributed by atoms with E-state index in [-0.39, 0.29) is 33.3 Å². The third-order valence-electron chi connectivity index (χ3n) is 4.58. The van der Waals surface area contributed by atoms with Crippen LogP contribution in [-0.4, -0.2) is 30.1 Å². The van der Waals surface area contributed by atoms with Gasteiger partial charge in [0.15, 0.2) is 5.75 Å². The second kappa shape index (κ2) is 7.17. The van der Waals surface area contributed by atoms with E-state index in [1.165, 1.54) is 7.11 Å². The Kier molecular flexibility index (Phi) is 5.12. The molecule has 1 amide bonds. The molecule has 5 nitrogen and oxygen atoms in total. The second-order valence-corrected chi connectivity index (χ2v) is 6.96. The fourth-order valence-electron chi connectivity index (χ4n) is 3.41. The van der Waals surface area contributed by atoms with Crippen LogP contribution in [0.2, 0.25) is 10.0 Å². The first-order chi connectivity index (χ1) is 12.4. The number of para-hydroxylation sites is 1. The highest BCUT2D eigenvalue weighted by Crippen LogP contribution is 2.42. The summed E-state index contributed by atoms with van der Waals surface area (Å²) in [6, 6.07) is 9.78. The number of ether oxygens (including phenoxy) is 1. The minimum Gasteiger partial charge on any atom is -0.494 e. The molecule has 26 heavy (non-hydrogen) atoms. The normalized spacial score (nSPS) is 19.0. The van der Waals surface area contributed by atoms with Gasteiger partial charge in [-0.2, -0.15) is 0 Å². The highest BCUT2D eigenvalue weighted by molar-refractivity contribution is 6.38. The lowest BCUT2D eigenvalue weighted by Gasteiger charge is -2.38. The van der Waals surface area contributed by atoms with Gasteiger partial charge < -0.3 is 14.7 Å². The number of carbonyl (C=O) groups excluding carboxylic acids is 1. The smallest absolute Gasteiger partial charge is 0.311 e. The van der Waals surface area contributed by atoms with Crippen LogP contribution in [0, 0.1) is 0 Å². The minimum atomic E-state index is -0.908.